The van der Waals surface area contributed by atoms with Crippen molar-refractivity contribution in [1.29, 1.82) is 0 Å². The van der Waals surface area contributed by atoms with E-state index >= 15 is 0 Å². The summed E-state index contributed by atoms with van der Waals surface area (Å²) in [5.41, 5.74) is 2.91. The van der Waals surface area contributed by atoms with Gasteiger partial charge in [-0.25, -0.2) is 4.39 Å². The first kappa shape index (κ1) is 15.2. The lowest BCUT2D eigenvalue weighted by molar-refractivity contribution is 0.172. The molecule has 2 N–H and O–H groups in total. The second-order valence-electron chi connectivity index (χ2n) is 5.86. The van der Waals surface area contributed by atoms with Crippen molar-refractivity contribution < 1.29 is 14.6 Å². The van der Waals surface area contributed by atoms with Crippen molar-refractivity contribution in [2.45, 2.75) is 31.7 Å². The van der Waals surface area contributed by atoms with Gasteiger partial charge in [0.25, 0.3) is 0 Å². The quantitative estimate of drug-likeness (QED) is 0.912. The Labute approximate surface area is 129 Å². The second-order valence-corrected chi connectivity index (χ2v) is 5.86. The lowest BCUT2D eigenvalue weighted by Gasteiger charge is -2.24. The van der Waals surface area contributed by atoms with E-state index in [2.05, 4.69) is 4.90 Å². The molecule has 0 radical (unpaired) electrons. The summed E-state index contributed by atoms with van der Waals surface area (Å²) >= 11 is 0. The van der Waals surface area contributed by atoms with Crippen LogP contribution in [0.1, 0.15) is 29.2 Å². The van der Waals surface area contributed by atoms with Crippen molar-refractivity contribution in [2.75, 3.05) is 6.54 Å². The van der Waals surface area contributed by atoms with E-state index in [4.69, 9.17) is 5.11 Å². The van der Waals surface area contributed by atoms with Gasteiger partial charge in [0.2, 0.25) is 0 Å². The normalized spacial score (nSPS) is 22.1. The average molecular weight is 301 g/mol. The van der Waals surface area contributed by atoms with Crippen LogP contribution in [0.25, 0.3) is 0 Å². The summed E-state index contributed by atoms with van der Waals surface area (Å²) in [6.45, 7) is 1.32. The minimum absolute atomic E-state index is 0.0308. The Kier molecular flexibility index (Phi) is 4.52. The molecule has 1 heterocycles. The number of halogens is 1. The zero-order valence-corrected chi connectivity index (χ0v) is 12.3. The Balaban J connectivity index is 1.78. The fourth-order valence-electron chi connectivity index (χ4n) is 3.10. The molecule has 3 rings (SSSR count). The number of nitrogens with zero attached hydrogens (tertiary/aromatic N) is 1. The molecular formula is C18H20FNO2. The predicted octanol–water partition coefficient (Wildman–Crippen LogP) is 2.63. The minimum Gasteiger partial charge on any atom is -0.392 e. The molecule has 0 unspecified atom stereocenters. The standard InChI is InChI=1S/C18H20FNO2/c19-16-3-1-2-15(8-16)18-9-17(22)11-20(18)10-13-4-6-14(12-21)7-5-13/h1-8,17-18,21-22H,9-12H2/t17-,18+/m0/s1. The van der Waals surface area contributed by atoms with Crippen LogP contribution in [-0.4, -0.2) is 27.8 Å². The van der Waals surface area contributed by atoms with Crippen LogP contribution in [0.4, 0.5) is 4.39 Å². The summed E-state index contributed by atoms with van der Waals surface area (Å²) in [4.78, 5) is 2.17. The molecule has 1 fully saturated rings. The molecule has 0 bridgehead atoms. The molecule has 2 atom stereocenters. The predicted molar refractivity (Wildman–Crippen MR) is 82.5 cm³/mol. The highest BCUT2D eigenvalue weighted by Gasteiger charge is 2.32. The summed E-state index contributed by atoms with van der Waals surface area (Å²) in [7, 11) is 0. The van der Waals surface area contributed by atoms with E-state index in [9.17, 15) is 9.50 Å². The third-order valence-corrected chi connectivity index (χ3v) is 4.21. The van der Waals surface area contributed by atoms with Gasteiger partial charge in [0.15, 0.2) is 0 Å². The van der Waals surface area contributed by atoms with Gasteiger partial charge in [-0.3, -0.25) is 4.90 Å². The number of aliphatic hydroxyl groups is 2. The number of hydrogen-bond acceptors (Lipinski definition) is 3. The highest BCUT2D eigenvalue weighted by Crippen LogP contribution is 2.33. The van der Waals surface area contributed by atoms with Crippen LogP contribution in [0.15, 0.2) is 48.5 Å². The van der Waals surface area contributed by atoms with Crippen molar-refractivity contribution in [3.05, 3.63) is 71.0 Å². The van der Waals surface area contributed by atoms with E-state index in [0.29, 0.717) is 19.5 Å². The average Bonchev–Trinajstić information content (AvgIpc) is 2.89. The number of rotatable bonds is 4. The first-order valence-electron chi connectivity index (χ1n) is 7.52. The molecule has 116 valence electrons. The van der Waals surface area contributed by atoms with Crippen LogP contribution in [-0.2, 0) is 13.2 Å². The first-order chi connectivity index (χ1) is 10.7. The SMILES string of the molecule is OCc1ccc(CN2C[C@@H](O)C[C@@H]2c2cccc(F)c2)cc1. The molecule has 0 amide bonds. The topological polar surface area (TPSA) is 43.7 Å². The van der Waals surface area contributed by atoms with Crippen LogP contribution >= 0.6 is 0 Å². The number of β-amino-alcohol motifs (C(OH)–C–C–N with tert-alkyl or cyclic N) is 1. The van der Waals surface area contributed by atoms with Gasteiger partial charge in [-0.2, -0.15) is 0 Å². The van der Waals surface area contributed by atoms with E-state index in [-0.39, 0.29) is 24.6 Å². The highest BCUT2D eigenvalue weighted by atomic mass is 19.1. The van der Waals surface area contributed by atoms with Crippen molar-refractivity contribution in [3.8, 4) is 0 Å². The molecular weight excluding hydrogens is 281 g/mol. The van der Waals surface area contributed by atoms with E-state index in [1.807, 2.05) is 30.3 Å². The van der Waals surface area contributed by atoms with E-state index in [1.165, 1.54) is 6.07 Å². The Morgan fingerprint density at radius 2 is 1.82 bits per heavy atom. The Bertz CT molecular complexity index is 629. The number of benzene rings is 2. The zero-order chi connectivity index (χ0) is 15.5. The Morgan fingerprint density at radius 1 is 1.09 bits per heavy atom. The molecule has 0 aromatic heterocycles. The number of likely N-dealkylation sites (tertiary alicyclic amines) is 1. The van der Waals surface area contributed by atoms with Crippen molar-refractivity contribution in [1.82, 2.24) is 4.90 Å². The van der Waals surface area contributed by atoms with E-state index in [1.54, 1.807) is 12.1 Å². The largest absolute Gasteiger partial charge is 0.392 e. The second kappa shape index (κ2) is 6.57. The van der Waals surface area contributed by atoms with Gasteiger partial charge in [0.05, 0.1) is 12.7 Å². The molecule has 3 nitrogen and oxygen atoms in total. The number of aliphatic hydroxyl groups excluding tert-OH is 2. The maximum Gasteiger partial charge on any atom is 0.123 e. The highest BCUT2D eigenvalue weighted by molar-refractivity contribution is 5.25. The lowest BCUT2D eigenvalue weighted by atomic mass is 10.0. The third-order valence-electron chi connectivity index (χ3n) is 4.21. The fraction of sp³-hybridized carbons (Fsp3) is 0.333. The van der Waals surface area contributed by atoms with Gasteiger partial charge in [0, 0.05) is 19.1 Å². The molecule has 0 aliphatic carbocycles. The van der Waals surface area contributed by atoms with Gasteiger partial charge >= 0.3 is 0 Å². The van der Waals surface area contributed by atoms with Crippen LogP contribution < -0.4 is 0 Å². The minimum atomic E-state index is -0.384. The van der Waals surface area contributed by atoms with Gasteiger partial charge in [0.1, 0.15) is 5.82 Å². The monoisotopic (exact) mass is 301 g/mol. The Hall–Kier alpha value is -1.75. The molecule has 4 heteroatoms. The van der Waals surface area contributed by atoms with Crippen LogP contribution in [0, 0.1) is 5.82 Å². The summed E-state index contributed by atoms with van der Waals surface area (Å²) in [5, 5.41) is 19.1. The molecule has 2 aromatic rings. The van der Waals surface area contributed by atoms with Gasteiger partial charge in [-0.1, -0.05) is 36.4 Å². The zero-order valence-electron chi connectivity index (χ0n) is 12.3. The van der Waals surface area contributed by atoms with Crippen LogP contribution in [0.5, 0.6) is 0 Å². The molecule has 1 saturated heterocycles. The van der Waals surface area contributed by atoms with E-state index < -0.39 is 0 Å². The van der Waals surface area contributed by atoms with Gasteiger partial charge in [-0.05, 0) is 35.2 Å². The molecule has 1 aliphatic rings. The van der Waals surface area contributed by atoms with Crippen molar-refractivity contribution in [3.63, 3.8) is 0 Å². The maximum atomic E-state index is 13.5. The molecule has 0 spiro atoms. The smallest absolute Gasteiger partial charge is 0.123 e. The maximum absolute atomic E-state index is 13.5. The van der Waals surface area contributed by atoms with Crippen molar-refractivity contribution in [2.24, 2.45) is 0 Å². The number of hydrogen-bond donors (Lipinski definition) is 2. The molecule has 0 saturated carbocycles. The summed E-state index contributed by atoms with van der Waals surface area (Å²) in [5.74, 6) is -0.244. The Morgan fingerprint density at radius 3 is 2.50 bits per heavy atom. The van der Waals surface area contributed by atoms with Crippen LogP contribution in [0.3, 0.4) is 0 Å². The molecule has 1 aliphatic heterocycles. The first-order valence-corrected chi connectivity index (χ1v) is 7.52. The van der Waals surface area contributed by atoms with Gasteiger partial charge < -0.3 is 10.2 Å². The summed E-state index contributed by atoms with van der Waals surface area (Å²) < 4.78 is 13.5. The summed E-state index contributed by atoms with van der Waals surface area (Å²) in [6, 6.07) is 14.4. The van der Waals surface area contributed by atoms with Crippen molar-refractivity contribution >= 4 is 0 Å². The molecule has 22 heavy (non-hydrogen) atoms. The molecule has 2 aromatic carbocycles. The van der Waals surface area contributed by atoms with Crippen LogP contribution in [0.2, 0.25) is 0 Å². The lowest BCUT2D eigenvalue weighted by Crippen LogP contribution is -2.24. The fourth-order valence-corrected chi connectivity index (χ4v) is 3.10. The summed E-state index contributed by atoms with van der Waals surface area (Å²) in [6.07, 6.45) is 0.239. The van der Waals surface area contributed by atoms with E-state index in [0.717, 1.165) is 16.7 Å². The third kappa shape index (κ3) is 3.35. The van der Waals surface area contributed by atoms with Gasteiger partial charge in [-0.15, -0.1) is 0 Å².